The smallest absolute Gasteiger partial charge is 0.328 e. The van der Waals surface area contributed by atoms with Crippen molar-refractivity contribution in [1.82, 2.24) is 0 Å². The summed E-state index contributed by atoms with van der Waals surface area (Å²) < 4.78 is 5.33. The van der Waals surface area contributed by atoms with Crippen molar-refractivity contribution in [2.45, 2.75) is 6.42 Å². The summed E-state index contributed by atoms with van der Waals surface area (Å²) in [5.41, 5.74) is 3.35. The predicted octanol–water partition coefficient (Wildman–Crippen LogP) is 4.90. The highest BCUT2D eigenvalue weighted by Crippen LogP contribution is 2.17. The molecule has 0 amide bonds. The van der Waals surface area contributed by atoms with E-state index in [0.717, 1.165) is 11.6 Å². The molecule has 3 aromatic carbocycles. The van der Waals surface area contributed by atoms with Crippen LogP contribution in [0, 0.1) is 0 Å². The maximum absolute atomic E-state index is 10.3. The monoisotopic (exact) mass is 376 g/mol. The Morgan fingerprint density at radius 1 is 0.821 bits per heavy atom. The Hall–Kier alpha value is -3.37. The minimum Gasteiger partial charge on any atom is -0.494 e. The molecule has 0 aliphatic rings. The SMILES string of the molecule is O=C(O)C=Cc1ccc(OCCCO)cc1.c1ccc(-c2ccccc2)cc1. The summed E-state index contributed by atoms with van der Waals surface area (Å²) in [5, 5.41) is 17.0. The topological polar surface area (TPSA) is 66.8 Å². The largest absolute Gasteiger partial charge is 0.494 e. The van der Waals surface area contributed by atoms with E-state index < -0.39 is 5.97 Å². The van der Waals surface area contributed by atoms with Crippen LogP contribution in [0.3, 0.4) is 0 Å². The number of carboxylic acid groups (broad SMARTS) is 1. The van der Waals surface area contributed by atoms with Gasteiger partial charge >= 0.3 is 5.97 Å². The standard InChI is InChI=1S/C12H14O4.C12H10/c13-8-1-9-16-11-5-2-10(3-6-11)4-7-12(14)15;1-3-7-11(8-4-1)12-9-5-2-6-10-12/h2-7,13H,1,8-9H2,(H,14,15);1-10H. The van der Waals surface area contributed by atoms with Gasteiger partial charge in [0.2, 0.25) is 0 Å². The maximum Gasteiger partial charge on any atom is 0.328 e. The third-order valence-corrected chi connectivity index (χ3v) is 3.75. The molecule has 144 valence electrons. The van der Waals surface area contributed by atoms with Crippen LogP contribution in [0.2, 0.25) is 0 Å². The van der Waals surface area contributed by atoms with Crippen LogP contribution in [-0.4, -0.2) is 29.4 Å². The number of hydrogen-bond donors (Lipinski definition) is 2. The van der Waals surface area contributed by atoms with Gasteiger partial charge in [0.25, 0.3) is 0 Å². The van der Waals surface area contributed by atoms with E-state index in [2.05, 4.69) is 48.5 Å². The van der Waals surface area contributed by atoms with Crippen molar-refractivity contribution in [2.75, 3.05) is 13.2 Å². The summed E-state index contributed by atoms with van der Waals surface area (Å²) in [4.78, 5) is 10.3. The number of aliphatic carboxylic acids is 1. The summed E-state index contributed by atoms with van der Waals surface area (Å²) >= 11 is 0. The van der Waals surface area contributed by atoms with Crippen LogP contribution in [0.4, 0.5) is 0 Å². The van der Waals surface area contributed by atoms with Crippen LogP contribution in [0.5, 0.6) is 5.75 Å². The average Bonchev–Trinajstić information content (AvgIpc) is 2.75. The zero-order valence-corrected chi connectivity index (χ0v) is 15.6. The Labute approximate surface area is 165 Å². The van der Waals surface area contributed by atoms with Crippen LogP contribution in [0.15, 0.2) is 91.0 Å². The van der Waals surface area contributed by atoms with Gasteiger partial charge in [-0.15, -0.1) is 0 Å². The van der Waals surface area contributed by atoms with E-state index in [0.29, 0.717) is 18.8 Å². The van der Waals surface area contributed by atoms with Crippen molar-refractivity contribution < 1.29 is 19.7 Å². The molecule has 0 radical (unpaired) electrons. The molecule has 0 aliphatic carbocycles. The molecular formula is C24H24O4. The van der Waals surface area contributed by atoms with Crippen LogP contribution in [-0.2, 0) is 4.79 Å². The number of hydrogen-bond acceptors (Lipinski definition) is 3. The summed E-state index contributed by atoms with van der Waals surface area (Å²) in [6, 6.07) is 27.8. The summed E-state index contributed by atoms with van der Waals surface area (Å²) in [5.74, 6) is -0.260. The Balaban J connectivity index is 0.000000207. The molecule has 28 heavy (non-hydrogen) atoms. The predicted molar refractivity (Wildman–Crippen MR) is 112 cm³/mol. The molecular weight excluding hydrogens is 352 g/mol. The molecule has 0 unspecified atom stereocenters. The van der Waals surface area contributed by atoms with E-state index in [-0.39, 0.29) is 6.61 Å². The Morgan fingerprint density at radius 2 is 1.36 bits per heavy atom. The molecule has 0 aromatic heterocycles. The summed E-state index contributed by atoms with van der Waals surface area (Å²) in [7, 11) is 0. The fourth-order valence-electron chi connectivity index (χ4n) is 2.36. The number of aliphatic hydroxyl groups is 1. The lowest BCUT2D eigenvalue weighted by Crippen LogP contribution is -1.99. The molecule has 0 heterocycles. The molecule has 0 saturated carbocycles. The summed E-state index contributed by atoms with van der Waals surface area (Å²) in [6.45, 7) is 0.584. The number of aliphatic hydroxyl groups excluding tert-OH is 1. The van der Waals surface area contributed by atoms with Gasteiger partial charge in [-0.05, 0) is 34.9 Å². The van der Waals surface area contributed by atoms with Crippen LogP contribution in [0.1, 0.15) is 12.0 Å². The van der Waals surface area contributed by atoms with E-state index in [1.54, 1.807) is 24.3 Å². The van der Waals surface area contributed by atoms with E-state index in [1.807, 2.05) is 12.1 Å². The molecule has 3 rings (SSSR count). The van der Waals surface area contributed by atoms with E-state index in [1.165, 1.54) is 17.2 Å². The number of rotatable bonds is 7. The lowest BCUT2D eigenvalue weighted by Gasteiger charge is -2.04. The number of ether oxygens (including phenoxy) is 1. The molecule has 4 heteroatoms. The number of carbonyl (C=O) groups is 1. The first-order valence-electron chi connectivity index (χ1n) is 9.04. The lowest BCUT2D eigenvalue weighted by molar-refractivity contribution is -0.131. The third-order valence-electron chi connectivity index (χ3n) is 3.75. The second-order valence-corrected chi connectivity index (χ2v) is 5.90. The molecule has 0 spiro atoms. The second kappa shape index (κ2) is 12.1. The van der Waals surface area contributed by atoms with Gasteiger partial charge in [-0.3, -0.25) is 0 Å². The molecule has 0 fully saturated rings. The molecule has 0 bridgehead atoms. The minimum absolute atomic E-state index is 0.111. The highest BCUT2D eigenvalue weighted by atomic mass is 16.5. The van der Waals surface area contributed by atoms with Gasteiger partial charge in [0, 0.05) is 19.1 Å². The average molecular weight is 376 g/mol. The van der Waals surface area contributed by atoms with Crippen LogP contribution >= 0.6 is 0 Å². The zero-order chi connectivity index (χ0) is 20.0. The minimum atomic E-state index is -0.969. The zero-order valence-electron chi connectivity index (χ0n) is 15.6. The maximum atomic E-state index is 10.3. The van der Waals surface area contributed by atoms with Crippen molar-refractivity contribution in [2.24, 2.45) is 0 Å². The van der Waals surface area contributed by atoms with Gasteiger partial charge in [0.05, 0.1) is 6.61 Å². The van der Waals surface area contributed by atoms with Crippen LogP contribution < -0.4 is 4.74 Å². The number of benzene rings is 3. The summed E-state index contributed by atoms with van der Waals surface area (Å²) in [6.07, 6.45) is 3.20. The van der Waals surface area contributed by atoms with E-state index in [4.69, 9.17) is 14.9 Å². The van der Waals surface area contributed by atoms with E-state index in [9.17, 15) is 4.79 Å². The number of carboxylic acids is 1. The molecule has 4 nitrogen and oxygen atoms in total. The van der Waals surface area contributed by atoms with Gasteiger partial charge in [-0.2, -0.15) is 0 Å². The molecule has 0 aliphatic heterocycles. The Morgan fingerprint density at radius 3 is 1.82 bits per heavy atom. The van der Waals surface area contributed by atoms with Crippen molar-refractivity contribution in [3.8, 4) is 16.9 Å². The molecule has 0 saturated heterocycles. The molecule has 2 N–H and O–H groups in total. The van der Waals surface area contributed by atoms with Crippen LogP contribution in [0.25, 0.3) is 17.2 Å². The Kier molecular flexibility index (Phi) is 9.04. The van der Waals surface area contributed by atoms with Gasteiger partial charge in [0.1, 0.15) is 5.75 Å². The van der Waals surface area contributed by atoms with Crippen molar-refractivity contribution in [3.63, 3.8) is 0 Å². The highest BCUT2D eigenvalue weighted by molar-refractivity contribution is 5.85. The quantitative estimate of drug-likeness (QED) is 0.455. The third kappa shape index (κ3) is 7.89. The van der Waals surface area contributed by atoms with E-state index >= 15 is 0 Å². The normalized spacial score (nSPS) is 10.2. The fraction of sp³-hybridized carbons (Fsp3) is 0.125. The first-order valence-corrected chi connectivity index (χ1v) is 9.04. The fourth-order valence-corrected chi connectivity index (χ4v) is 2.36. The van der Waals surface area contributed by atoms with Gasteiger partial charge in [-0.1, -0.05) is 72.8 Å². The van der Waals surface area contributed by atoms with Crippen molar-refractivity contribution in [1.29, 1.82) is 0 Å². The Bertz CT molecular complexity index is 803. The lowest BCUT2D eigenvalue weighted by atomic mass is 10.1. The van der Waals surface area contributed by atoms with Gasteiger partial charge in [0.15, 0.2) is 0 Å². The highest BCUT2D eigenvalue weighted by Gasteiger charge is 1.94. The molecule has 3 aromatic rings. The molecule has 0 atom stereocenters. The van der Waals surface area contributed by atoms with Crippen molar-refractivity contribution in [3.05, 3.63) is 96.6 Å². The van der Waals surface area contributed by atoms with Crippen molar-refractivity contribution >= 4 is 12.0 Å². The second-order valence-electron chi connectivity index (χ2n) is 5.90. The van der Waals surface area contributed by atoms with Gasteiger partial charge in [-0.25, -0.2) is 4.79 Å². The first-order chi connectivity index (χ1) is 13.7. The first kappa shape index (κ1) is 20.9. The van der Waals surface area contributed by atoms with Gasteiger partial charge < -0.3 is 14.9 Å².